The molecule has 18 heavy (non-hydrogen) atoms. The molecular weight excluding hydrogens is 230 g/mol. The maximum atomic E-state index is 11.8. The van der Waals surface area contributed by atoms with Crippen molar-refractivity contribution < 1.29 is 9.59 Å². The van der Waals surface area contributed by atoms with Crippen molar-refractivity contribution in [1.82, 2.24) is 5.32 Å². The maximum absolute atomic E-state index is 11.8. The van der Waals surface area contributed by atoms with Crippen LogP contribution in [0.4, 0.5) is 0 Å². The van der Waals surface area contributed by atoms with E-state index in [1.54, 1.807) is 0 Å². The number of Topliss-reactive ketones (excluding diaryl/α,β-unsaturated/α-hetero) is 1. The molecule has 0 aromatic carbocycles. The van der Waals surface area contributed by atoms with Gasteiger partial charge in [-0.2, -0.15) is 4.99 Å². The van der Waals surface area contributed by atoms with Crippen LogP contribution in [-0.2, 0) is 9.59 Å². The molecule has 1 unspecified atom stereocenters. The molecule has 1 atom stereocenters. The highest BCUT2D eigenvalue weighted by molar-refractivity contribution is 6.06. The van der Waals surface area contributed by atoms with Gasteiger partial charge in [-0.3, -0.25) is 9.59 Å². The van der Waals surface area contributed by atoms with E-state index in [4.69, 9.17) is 5.73 Å². The van der Waals surface area contributed by atoms with Gasteiger partial charge in [0, 0.05) is 5.41 Å². The minimum absolute atomic E-state index is 0.00634. The minimum Gasteiger partial charge on any atom is -0.387 e. The van der Waals surface area contributed by atoms with E-state index in [0.29, 0.717) is 0 Å². The van der Waals surface area contributed by atoms with Gasteiger partial charge in [0.1, 0.15) is 11.6 Å². The number of carbonyl (C=O) groups excluding carboxylic acids is 2. The van der Waals surface area contributed by atoms with E-state index in [0.717, 1.165) is 25.8 Å². The van der Waals surface area contributed by atoms with E-state index in [1.807, 2.05) is 20.8 Å². The first-order valence-corrected chi connectivity index (χ1v) is 6.44. The predicted molar refractivity (Wildman–Crippen MR) is 71.4 cm³/mol. The highest BCUT2D eigenvalue weighted by Gasteiger charge is 2.24. The monoisotopic (exact) mass is 253 g/mol. The van der Waals surface area contributed by atoms with Crippen molar-refractivity contribution in [3.05, 3.63) is 0 Å². The summed E-state index contributed by atoms with van der Waals surface area (Å²) in [5.41, 5.74) is 5.21. The number of rotatable bonds is 3. The molecule has 1 heterocycles. The van der Waals surface area contributed by atoms with E-state index < -0.39 is 5.41 Å². The van der Waals surface area contributed by atoms with Crippen molar-refractivity contribution in [3.63, 3.8) is 0 Å². The molecule has 0 bridgehead atoms. The van der Waals surface area contributed by atoms with Gasteiger partial charge in [-0.15, -0.1) is 0 Å². The highest BCUT2D eigenvalue weighted by Crippen LogP contribution is 2.16. The Morgan fingerprint density at radius 3 is 2.50 bits per heavy atom. The highest BCUT2D eigenvalue weighted by atomic mass is 16.2. The van der Waals surface area contributed by atoms with E-state index in [1.165, 1.54) is 0 Å². The number of carbonyl (C=O) groups is 2. The van der Waals surface area contributed by atoms with Gasteiger partial charge >= 0.3 is 0 Å². The molecule has 0 aromatic rings. The van der Waals surface area contributed by atoms with Crippen molar-refractivity contribution in [3.8, 4) is 0 Å². The van der Waals surface area contributed by atoms with Crippen LogP contribution in [0.5, 0.6) is 0 Å². The minimum atomic E-state index is -0.452. The zero-order valence-electron chi connectivity index (χ0n) is 11.5. The zero-order valence-corrected chi connectivity index (χ0v) is 11.5. The van der Waals surface area contributed by atoms with Crippen molar-refractivity contribution in [1.29, 1.82) is 0 Å². The zero-order chi connectivity index (χ0) is 13.8. The Kier molecular flexibility index (Phi) is 5.02. The number of nitrogens with zero attached hydrogens (tertiary/aromatic N) is 1. The van der Waals surface area contributed by atoms with Gasteiger partial charge < -0.3 is 11.1 Å². The third-order valence-corrected chi connectivity index (χ3v) is 3.04. The molecule has 0 aliphatic carbocycles. The number of amides is 1. The van der Waals surface area contributed by atoms with Crippen LogP contribution in [0.25, 0.3) is 0 Å². The first-order valence-electron chi connectivity index (χ1n) is 6.44. The average Bonchev–Trinajstić information content (AvgIpc) is 2.28. The van der Waals surface area contributed by atoms with Gasteiger partial charge in [0.2, 0.25) is 0 Å². The lowest BCUT2D eigenvalue weighted by atomic mass is 9.89. The molecule has 3 N–H and O–H groups in total. The van der Waals surface area contributed by atoms with Crippen LogP contribution in [-0.4, -0.2) is 30.1 Å². The Bertz CT molecular complexity index is 350. The van der Waals surface area contributed by atoms with E-state index in [-0.39, 0.29) is 30.0 Å². The summed E-state index contributed by atoms with van der Waals surface area (Å²) in [6.45, 7) is 6.32. The lowest BCUT2D eigenvalue weighted by Gasteiger charge is -2.20. The SMILES string of the molecule is CC(C)(C)C(=O)CC(N)=NC(=O)C1CCCCN1. The standard InChI is InChI=1S/C13H23N3O2/c1-13(2,3)10(17)8-11(14)16-12(18)9-6-4-5-7-15-9/h9,15H,4-8H2,1-3H3,(H2,14,16,18). The summed E-state index contributed by atoms with van der Waals surface area (Å²) in [5, 5.41) is 3.11. The van der Waals surface area contributed by atoms with Crippen LogP contribution in [0.15, 0.2) is 4.99 Å². The second kappa shape index (κ2) is 6.09. The fourth-order valence-corrected chi connectivity index (χ4v) is 1.75. The number of hydrogen-bond donors (Lipinski definition) is 2. The molecule has 0 saturated carbocycles. The summed E-state index contributed by atoms with van der Waals surface area (Å²) in [6.07, 6.45) is 2.95. The van der Waals surface area contributed by atoms with Gasteiger partial charge in [-0.1, -0.05) is 27.2 Å². The summed E-state index contributed by atoms with van der Waals surface area (Å²) in [4.78, 5) is 27.4. The molecule has 102 valence electrons. The smallest absolute Gasteiger partial charge is 0.264 e. The molecule has 0 spiro atoms. The van der Waals surface area contributed by atoms with Gasteiger partial charge in [-0.05, 0) is 19.4 Å². The van der Waals surface area contributed by atoms with Crippen molar-refractivity contribution in [2.45, 2.75) is 52.5 Å². The number of amidine groups is 1. The lowest BCUT2D eigenvalue weighted by molar-refractivity contribution is -0.125. The van der Waals surface area contributed by atoms with E-state index in [9.17, 15) is 9.59 Å². The van der Waals surface area contributed by atoms with E-state index in [2.05, 4.69) is 10.3 Å². The molecule has 5 heteroatoms. The summed E-state index contributed by atoms with van der Waals surface area (Å²) < 4.78 is 0. The summed E-state index contributed by atoms with van der Waals surface area (Å²) >= 11 is 0. The van der Waals surface area contributed by atoms with Crippen LogP contribution in [0, 0.1) is 5.41 Å². The topological polar surface area (TPSA) is 84.6 Å². The van der Waals surface area contributed by atoms with Crippen LogP contribution >= 0.6 is 0 Å². The summed E-state index contributed by atoms with van der Waals surface area (Å²) in [6, 6.07) is -0.234. The molecule has 1 saturated heterocycles. The Balaban J connectivity index is 2.54. The fraction of sp³-hybridized carbons (Fsp3) is 0.769. The second-order valence-electron chi connectivity index (χ2n) is 5.79. The number of ketones is 1. The molecule has 1 aliphatic heterocycles. The predicted octanol–water partition coefficient (Wildman–Crippen LogP) is 1.02. The number of aliphatic imine (C=N–C) groups is 1. The Hall–Kier alpha value is -1.23. The maximum Gasteiger partial charge on any atom is 0.264 e. The van der Waals surface area contributed by atoms with Gasteiger partial charge in [0.05, 0.1) is 12.5 Å². The van der Waals surface area contributed by atoms with Gasteiger partial charge in [0.15, 0.2) is 0 Å². The molecular formula is C13H23N3O2. The van der Waals surface area contributed by atoms with Crippen molar-refractivity contribution in [2.75, 3.05) is 6.54 Å². The molecule has 1 aliphatic rings. The molecule has 5 nitrogen and oxygen atoms in total. The van der Waals surface area contributed by atoms with Crippen molar-refractivity contribution >= 4 is 17.5 Å². The summed E-state index contributed by atoms with van der Waals surface area (Å²) in [5.74, 6) is -0.144. The molecule has 1 rings (SSSR count). The lowest BCUT2D eigenvalue weighted by Crippen LogP contribution is -2.40. The van der Waals surface area contributed by atoms with Crippen LogP contribution in [0.1, 0.15) is 46.5 Å². The number of hydrogen-bond acceptors (Lipinski definition) is 3. The first kappa shape index (κ1) is 14.8. The fourth-order valence-electron chi connectivity index (χ4n) is 1.75. The Morgan fingerprint density at radius 1 is 1.33 bits per heavy atom. The second-order valence-corrected chi connectivity index (χ2v) is 5.79. The normalized spacial score (nSPS) is 21.7. The molecule has 0 radical (unpaired) electrons. The third-order valence-electron chi connectivity index (χ3n) is 3.04. The van der Waals surface area contributed by atoms with Crippen LogP contribution in [0.3, 0.4) is 0 Å². The Morgan fingerprint density at radius 2 is 2.00 bits per heavy atom. The third kappa shape index (κ3) is 4.56. The number of nitrogens with one attached hydrogen (secondary N) is 1. The quantitative estimate of drug-likeness (QED) is 0.581. The first-order chi connectivity index (χ1) is 8.30. The van der Waals surface area contributed by atoms with Crippen LogP contribution in [0.2, 0.25) is 0 Å². The number of nitrogens with two attached hydrogens (primary N) is 1. The summed E-state index contributed by atoms with van der Waals surface area (Å²) in [7, 11) is 0. The molecule has 1 amide bonds. The largest absolute Gasteiger partial charge is 0.387 e. The average molecular weight is 253 g/mol. The van der Waals surface area contributed by atoms with Crippen LogP contribution < -0.4 is 11.1 Å². The van der Waals surface area contributed by atoms with Gasteiger partial charge in [-0.25, -0.2) is 0 Å². The Labute approximate surface area is 108 Å². The number of piperidine rings is 1. The van der Waals surface area contributed by atoms with Gasteiger partial charge in [0.25, 0.3) is 5.91 Å². The molecule has 0 aromatic heterocycles. The van der Waals surface area contributed by atoms with Crippen molar-refractivity contribution in [2.24, 2.45) is 16.1 Å². The van der Waals surface area contributed by atoms with E-state index >= 15 is 0 Å². The molecule has 1 fully saturated rings.